The number of hydroxylamine groups is 2. The van der Waals surface area contributed by atoms with Crippen LogP contribution >= 0.6 is 24.8 Å². The van der Waals surface area contributed by atoms with Crippen LogP contribution in [0.2, 0.25) is 0 Å². The van der Waals surface area contributed by atoms with Gasteiger partial charge in [0, 0.05) is 32.2 Å². The molecule has 2 aliphatic rings. The average molecular weight is 434 g/mol. The zero-order chi connectivity index (χ0) is 18.2. The van der Waals surface area contributed by atoms with E-state index in [1.54, 1.807) is 17.2 Å². The summed E-state index contributed by atoms with van der Waals surface area (Å²) in [4.78, 5) is 31.3. The number of nitrogens with one attached hydrogen (secondary N) is 1. The second-order valence-corrected chi connectivity index (χ2v) is 6.68. The molecule has 0 bridgehead atoms. The number of piperidine rings is 1. The first-order valence-electron chi connectivity index (χ1n) is 9.33. The van der Waals surface area contributed by atoms with Crippen LogP contribution in [-0.2, 0) is 14.4 Å². The smallest absolute Gasteiger partial charge is 0.366 e. The molecule has 0 saturated carbocycles. The molecule has 1 atom stereocenters. The van der Waals surface area contributed by atoms with Crippen LogP contribution < -0.4 is 10.1 Å². The molecule has 1 unspecified atom stereocenters. The van der Waals surface area contributed by atoms with Gasteiger partial charge in [0.25, 0.3) is 0 Å². The molecular formula is C19H29Cl2N3O4. The SMILES string of the molecule is Cl.Cl.O=CCC(Oc1ccccc1)C(=O)ON1CCN(C2CCNCC2)CC1. The Balaban J connectivity index is 0.00000196. The Morgan fingerprint density at radius 3 is 2.36 bits per heavy atom. The summed E-state index contributed by atoms with van der Waals surface area (Å²) in [5, 5.41) is 5.07. The number of aldehydes is 1. The normalized spacial score (nSPS) is 19.6. The molecule has 2 aliphatic heterocycles. The largest absolute Gasteiger partial charge is 0.478 e. The number of nitrogens with zero attached hydrogens (tertiary/aromatic N) is 2. The molecule has 7 nitrogen and oxygen atoms in total. The van der Waals surface area contributed by atoms with Crippen LogP contribution in [0.3, 0.4) is 0 Å². The number of carbonyl (C=O) groups excluding carboxylic acids is 2. The third-order valence-corrected chi connectivity index (χ3v) is 4.91. The number of hydrogen-bond donors (Lipinski definition) is 1. The average Bonchev–Trinajstić information content (AvgIpc) is 2.70. The number of benzene rings is 1. The number of halogens is 2. The third-order valence-electron chi connectivity index (χ3n) is 4.91. The van der Waals surface area contributed by atoms with Gasteiger partial charge in [-0.05, 0) is 38.1 Å². The number of hydrogen-bond acceptors (Lipinski definition) is 7. The Morgan fingerprint density at radius 2 is 1.75 bits per heavy atom. The number of para-hydroxylation sites is 1. The molecule has 0 radical (unpaired) electrons. The highest BCUT2D eigenvalue weighted by molar-refractivity contribution is 5.85. The minimum absolute atomic E-state index is 0. The summed E-state index contributed by atoms with van der Waals surface area (Å²) in [5.74, 6) is 0.0308. The quantitative estimate of drug-likeness (QED) is 0.655. The standard InChI is InChI=1S/C19H27N3O4.2ClH/c23-15-8-18(25-17-4-2-1-3-5-17)19(24)26-22-13-11-21(12-14-22)16-6-9-20-10-7-16;;/h1-5,15-16,18,20H,6-14H2;2*1H. The maximum atomic E-state index is 12.4. The van der Waals surface area contributed by atoms with Gasteiger partial charge < -0.3 is 19.7 Å². The second kappa shape index (κ2) is 13.0. The van der Waals surface area contributed by atoms with Gasteiger partial charge in [-0.2, -0.15) is 0 Å². The van der Waals surface area contributed by atoms with E-state index in [1.807, 2.05) is 18.2 Å². The van der Waals surface area contributed by atoms with Gasteiger partial charge in [0.1, 0.15) is 12.0 Å². The molecule has 2 fully saturated rings. The van der Waals surface area contributed by atoms with Gasteiger partial charge in [0.05, 0.1) is 6.42 Å². The van der Waals surface area contributed by atoms with Crippen molar-refractivity contribution < 1.29 is 19.2 Å². The lowest BCUT2D eigenvalue weighted by molar-refractivity contribution is -0.206. The second-order valence-electron chi connectivity index (χ2n) is 6.68. The van der Waals surface area contributed by atoms with Crippen LogP contribution in [0.1, 0.15) is 19.3 Å². The van der Waals surface area contributed by atoms with E-state index >= 15 is 0 Å². The number of rotatable bonds is 7. The lowest BCUT2D eigenvalue weighted by atomic mass is 10.0. The summed E-state index contributed by atoms with van der Waals surface area (Å²) in [6.45, 7) is 5.27. The molecule has 1 aromatic rings. The highest BCUT2D eigenvalue weighted by atomic mass is 35.5. The van der Waals surface area contributed by atoms with E-state index in [9.17, 15) is 9.59 Å². The monoisotopic (exact) mass is 433 g/mol. The van der Waals surface area contributed by atoms with E-state index in [1.165, 1.54) is 12.8 Å². The van der Waals surface area contributed by atoms with Gasteiger partial charge in [-0.3, -0.25) is 4.90 Å². The number of carbonyl (C=O) groups is 2. The molecular weight excluding hydrogens is 405 g/mol. The van der Waals surface area contributed by atoms with E-state index in [0.717, 1.165) is 26.2 Å². The summed E-state index contributed by atoms with van der Waals surface area (Å²) < 4.78 is 5.62. The maximum absolute atomic E-state index is 12.4. The molecule has 158 valence electrons. The summed E-state index contributed by atoms with van der Waals surface area (Å²) in [5.41, 5.74) is 0. The van der Waals surface area contributed by atoms with Crippen molar-refractivity contribution in [3.8, 4) is 5.75 Å². The fourth-order valence-electron chi connectivity index (χ4n) is 3.46. The lowest BCUT2D eigenvalue weighted by Crippen LogP contribution is -2.53. The highest BCUT2D eigenvalue weighted by Crippen LogP contribution is 2.16. The van der Waals surface area contributed by atoms with Crippen LogP contribution in [0.25, 0.3) is 0 Å². The van der Waals surface area contributed by atoms with Crippen molar-refractivity contribution in [2.75, 3.05) is 39.3 Å². The third kappa shape index (κ3) is 7.22. The minimum Gasteiger partial charge on any atom is -0.478 e. The molecule has 0 aliphatic carbocycles. The van der Waals surface area contributed by atoms with Crippen LogP contribution in [0.15, 0.2) is 30.3 Å². The summed E-state index contributed by atoms with van der Waals surface area (Å²) in [7, 11) is 0. The van der Waals surface area contributed by atoms with Crippen LogP contribution in [0.5, 0.6) is 5.75 Å². The number of piperazine rings is 1. The van der Waals surface area contributed by atoms with E-state index in [0.29, 0.717) is 31.2 Å². The predicted molar refractivity (Wildman–Crippen MR) is 111 cm³/mol. The molecule has 1 N–H and O–H groups in total. The van der Waals surface area contributed by atoms with E-state index in [-0.39, 0.29) is 31.2 Å². The Kier molecular flexibility index (Phi) is 11.4. The Bertz CT molecular complexity index is 580. The molecule has 0 aromatic heterocycles. The summed E-state index contributed by atoms with van der Waals surface area (Å²) in [6.07, 6.45) is 2.09. The zero-order valence-electron chi connectivity index (χ0n) is 15.8. The van der Waals surface area contributed by atoms with Crippen molar-refractivity contribution in [1.82, 2.24) is 15.3 Å². The van der Waals surface area contributed by atoms with Gasteiger partial charge in [0.15, 0.2) is 0 Å². The molecule has 0 amide bonds. The fourth-order valence-corrected chi connectivity index (χ4v) is 3.46. The molecule has 28 heavy (non-hydrogen) atoms. The molecule has 9 heteroatoms. The Morgan fingerprint density at radius 1 is 1.11 bits per heavy atom. The van der Waals surface area contributed by atoms with E-state index in [2.05, 4.69) is 10.2 Å². The highest BCUT2D eigenvalue weighted by Gasteiger charge is 2.29. The first kappa shape index (κ1) is 24.7. The van der Waals surface area contributed by atoms with Crippen molar-refractivity contribution >= 4 is 37.1 Å². The molecule has 2 saturated heterocycles. The Hall–Kier alpha value is -1.38. The summed E-state index contributed by atoms with van der Waals surface area (Å²) in [6, 6.07) is 9.63. The van der Waals surface area contributed by atoms with Crippen molar-refractivity contribution in [1.29, 1.82) is 0 Å². The van der Waals surface area contributed by atoms with Gasteiger partial charge >= 0.3 is 5.97 Å². The molecule has 3 rings (SSSR count). The summed E-state index contributed by atoms with van der Waals surface area (Å²) >= 11 is 0. The van der Waals surface area contributed by atoms with Gasteiger partial charge in [-0.15, -0.1) is 29.9 Å². The van der Waals surface area contributed by atoms with E-state index in [4.69, 9.17) is 9.57 Å². The van der Waals surface area contributed by atoms with Crippen molar-refractivity contribution in [3.05, 3.63) is 30.3 Å². The predicted octanol–water partition coefficient (Wildman–Crippen LogP) is 1.69. The molecule has 0 spiro atoms. The van der Waals surface area contributed by atoms with Gasteiger partial charge in [-0.25, -0.2) is 4.79 Å². The lowest BCUT2D eigenvalue weighted by Gasteiger charge is -2.40. The first-order valence-corrected chi connectivity index (χ1v) is 9.33. The van der Waals surface area contributed by atoms with Crippen molar-refractivity contribution in [3.63, 3.8) is 0 Å². The topological polar surface area (TPSA) is 71.1 Å². The van der Waals surface area contributed by atoms with Gasteiger partial charge in [0.2, 0.25) is 6.10 Å². The molecule has 1 aromatic carbocycles. The van der Waals surface area contributed by atoms with Crippen molar-refractivity contribution in [2.24, 2.45) is 0 Å². The van der Waals surface area contributed by atoms with Crippen LogP contribution in [0, 0.1) is 0 Å². The van der Waals surface area contributed by atoms with Crippen LogP contribution in [0.4, 0.5) is 0 Å². The zero-order valence-corrected chi connectivity index (χ0v) is 17.5. The fraction of sp³-hybridized carbons (Fsp3) is 0.579. The number of ether oxygens (including phenoxy) is 1. The first-order chi connectivity index (χ1) is 12.8. The van der Waals surface area contributed by atoms with E-state index < -0.39 is 12.1 Å². The molecule has 2 heterocycles. The minimum atomic E-state index is -0.919. The Labute approximate surface area is 178 Å². The van der Waals surface area contributed by atoms with Gasteiger partial charge in [-0.1, -0.05) is 18.2 Å². The van der Waals surface area contributed by atoms with Crippen molar-refractivity contribution in [2.45, 2.75) is 31.4 Å². The maximum Gasteiger partial charge on any atom is 0.366 e. The van der Waals surface area contributed by atoms with Crippen LogP contribution in [-0.4, -0.2) is 73.6 Å².